The van der Waals surface area contributed by atoms with Crippen molar-refractivity contribution >= 4 is 11.9 Å². The van der Waals surface area contributed by atoms with E-state index in [1.807, 2.05) is 12.2 Å². The first-order chi connectivity index (χ1) is 8.02. The van der Waals surface area contributed by atoms with Crippen molar-refractivity contribution in [3.63, 3.8) is 0 Å². The lowest BCUT2D eigenvalue weighted by molar-refractivity contribution is -0.147. The Bertz CT molecular complexity index is 358. The summed E-state index contributed by atoms with van der Waals surface area (Å²) in [6, 6.07) is 0. The zero-order chi connectivity index (χ0) is 12.5. The Morgan fingerprint density at radius 2 is 1.88 bits per heavy atom. The Labute approximate surface area is 101 Å². The molecule has 0 saturated heterocycles. The topological polar surface area (TPSA) is 66.4 Å². The van der Waals surface area contributed by atoms with Crippen molar-refractivity contribution in [2.75, 3.05) is 6.54 Å². The predicted octanol–water partition coefficient (Wildman–Crippen LogP) is 1.57. The minimum absolute atomic E-state index is 0.102. The van der Waals surface area contributed by atoms with Crippen LogP contribution in [-0.4, -0.2) is 23.5 Å². The Morgan fingerprint density at radius 3 is 2.41 bits per heavy atom. The van der Waals surface area contributed by atoms with Gasteiger partial charge >= 0.3 is 5.97 Å². The number of hydrogen-bond acceptors (Lipinski definition) is 2. The number of aliphatic carboxylic acids is 1. The summed E-state index contributed by atoms with van der Waals surface area (Å²) in [5, 5.41) is 12.0. The summed E-state index contributed by atoms with van der Waals surface area (Å²) < 4.78 is 0. The molecule has 1 saturated carbocycles. The molecule has 0 aromatic heterocycles. The molecule has 1 fully saturated rings. The minimum atomic E-state index is -0.868. The number of amides is 1. The molecule has 0 aliphatic heterocycles. The molecule has 0 unspecified atom stereocenters. The predicted molar refractivity (Wildman–Crippen MR) is 63.3 cm³/mol. The third kappa shape index (κ3) is 2.87. The molecular weight excluding hydrogens is 218 g/mol. The van der Waals surface area contributed by atoms with Gasteiger partial charge in [-0.05, 0) is 31.1 Å². The van der Waals surface area contributed by atoms with Crippen LogP contribution in [0.1, 0.15) is 32.6 Å². The van der Waals surface area contributed by atoms with Gasteiger partial charge in [-0.1, -0.05) is 19.1 Å². The van der Waals surface area contributed by atoms with Gasteiger partial charge in [0.25, 0.3) is 0 Å². The zero-order valence-electron chi connectivity index (χ0n) is 10.1. The van der Waals surface area contributed by atoms with Crippen molar-refractivity contribution < 1.29 is 14.7 Å². The van der Waals surface area contributed by atoms with Crippen molar-refractivity contribution in [3.8, 4) is 0 Å². The average molecular weight is 237 g/mol. The highest BCUT2D eigenvalue weighted by atomic mass is 16.4. The van der Waals surface area contributed by atoms with E-state index < -0.39 is 17.8 Å². The molecule has 94 valence electrons. The fourth-order valence-corrected chi connectivity index (χ4v) is 2.20. The van der Waals surface area contributed by atoms with Crippen molar-refractivity contribution in [2.45, 2.75) is 32.6 Å². The molecule has 0 bridgehead atoms. The molecule has 0 radical (unpaired) electrons. The van der Waals surface area contributed by atoms with Crippen LogP contribution in [0.2, 0.25) is 0 Å². The van der Waals surface area contributed by atoms with Crippen LogP contribution in [0.5, 0.6) is 0 Å². The molecule has 1 amide bonds. The summed E-state index contributed by atoms with van der Waals surface area (Å²) in [5.41, 5.74) is 0.263. The SMILES string of the molecule is CC1(CNC(=O)[C@@H]2CC=CC[C@@H]2C(=O)O)CC1. The second-order valence-electron chi connectivity index (χ2n) is 5.52. The molecule has 0 aromatic rings. The summed E-state index contributed by atoms with van der Waals surface area (Å²) >= 11 is 0. The van der Waals surface area contributed by atoms with Gasteiger partial charge in [-0.2, -0.15) is 0 Å². The van der Waals surface area contributed by atoms with Gasteiger partial charge in [0, 0.05) is 6.54 Å². The normalized spacial score (nSPS) is 29.7. The molecule has 2 atom stereocenters. The van der Waals surface area contributed by atoms with E-state index in [4.69, 9.17) is 5.11 Å². The van der Waals surface area contributed by atoms with E-state index in [9.17, 15) is 9.59 Å². The van der Waals surface area contributed by atoms with E-state index in [0.29, 0.717) is 19.4 Å². The number of carbonyl (C=O) groups excluding carboxylic acids is 1. The van der Waals surface area contributed by atoms with Gasteiger partial charge in [0.15, 0.2) is 0 Å². The van der Waals surface area contributed by atoms with Gasteiger partial charge in [-0.15, -0.1) is 0 Å². The molecule has 4 heteroatoms. The van der Waals surface area contributed by atoms with Gasteiger partial charge in [-0.25, -0.2) is 0 Å². The molecule has 2 rings (SSSR count). The third-order valence-corrected chi connectivity index (χ3v) is 3.88. The molecular formula is C13H19NO3. The van der Waals surface area contributed by atoms with Gasteiger partial charge in [0.05, 0.1) is 11.8 Å². The molecule has 0 aromatic carbocycles. The Balaban J connectivity index is 1.92. The number of rotatable bonds is 4. The maximum atomic E-state index is 12.0. The van der Waals surface area contributed by atoms with Crippen LogP contribution in [0, 0.1) is 17.3 Å². The molecule has 17 heavy (non-hydrogen) atoms. The largest absolute Gasteiger partial charge is 0.481 e. The summed E-state index contributed by atoms with van der Waals surface area (Å²) in [4.78, 5) is 23.0. The van der Waals surface area contributed by atoms with Crippen LogP contribution < -0.4 is 5.32 Å². The fourth-order valence-electron chi connectivity index (χ4n) is 2.20. The first-order valence-electron chi connectivity index (χ1n) is 6.17. The van der Waals surface area contributed by atoms with Crippen LogP contribution in [0.3, 0.4) is 0 Å². The highest BCUT2D eigenvalue weighted by Crippen LogP contribution is 2.44. The van der Waals surface area contributed by atoms with Gasteiger partial charge in [0.1, 0.15) is 0 Å². The maximum Gasteiger partial charge on any atom is 0.307 e. The molecule has 0 heterocycles. The number of carbonyl (C=O) groups is 2. The number of allylic oxidation sites excluding steroid dienone is 2. The Morgan fingerprint density at radius 1 is 1.29 bits per heavy atom. The standard InChI is InChI=1S/C13H19NO3/c1-13(6-7-13)8-14-11(15)9-4-2-3-5-10(9)12(16)17/h2-3,9-10H,4-8H2,1H3,(H,14,15)(H,16,17)/t9-,10+/m1/s1. The van der Waals surface area contributed by atoms with Gasteiger partial charge in [0.2, 0.25) is 5.91 Å². The molecule has 2 N–H and O–H groups in total. The first kappa shape index (κ1) is 12.1. The van der Waals surface area contributed by atoms with Gasteiger partial charge in [-0.3, -0.25) is 9.59 Å². The second kappa shape index (κ2) is 4.51. The van der Waals surface area contributed by atoms with Crippen LogP contribution in [0.4, 0.5) is 0 Å². The molecule has 4 nitrogen and oxygen atoms in total. The third-order valence-electron chi connectivity index (χ3n) is 3.88. The van der Waals surface area contributed by atoms with Crippen molar-refractivity contribution in [1.29, 1.82) is 0 Å². The van der Waals surface area contributed by atoms with Crippen LogP contribution in [0.25, 0.3) is 0 Å². The minimum Gasteiger partial charge on any atom is -0.481 e. The lowest BCUT2D eigenvalue weighted by Gasteiger charge is -2.24. The van der Waals surface area contributed by atoms with Crippen LogP contribution in [0.15, 0.2) is 12.2 Å². The number of nitrogens with one attached hydrogen (secondary N) is 1. The van der Waals surface area contributed by atoms with Crippen molar-refractivity contribution in [3.05, 3.63) is 12.2 Å². The lowest BCUT2D eigenvalue weighted by Crippen LogP contribution is -2.40. The number of carboxylic acids is 1. The summed E-state index contributed by atoms with van der Waals surface area (Å²) in [5.74, 6) is -1.94. The fraction of sp³-hybridized carbons (Fsp3) is 0.692. The van der Waals surface area contributed by atoms with Crippen LogP contribution >= 0.6 is 0 Å². The summed E-state index contributed by atoms with van der Waals surface area (Å²) in [7, 11) is 0. The van der Waals surface area contributed by atoms with E-state index in [-0.39, 0.29) is 11.3 Å². The van der Waals surface area contributed by atoms with Crippen molar-refractivity contribution in [2.24, 2.45) is 17.3 Å². The van der Waals surface area contributed by atoms with E-state index in [1.54, 1.807) is 0 Å². The van der Waals surface area contributed by atoms with Crippen LogP contribution in [-0.2, 0) is 9.59 Å². The monoisotopic (exact) mass is 237 g/mol. The van der Waals surface area contributed by atoms with Gasteiger partial charge < -0.3 is 10.4 Å². The van der Waals surface area contributed by atoms with Crippen molar-refractivity contribution in [1.82, 2.24) is 5.32 Å². The highest BCUT2D eigenvalue weighted by Gasteiger charge is 2.39. The summed E-state index contributed by atoms with van der Waals surface area (Å²) in [6.45, 7) is 2.82. The Kier molecular flexibility index (Phi) is 3.22. The van der Waals surface area contributed by atoms with E-state index in [1.165, 1.54) is 0 Å². The highest BCUT2D eigenvalue weighted by molar-refractivity contribution is 5.85. The second-order valence-corrected chi connectivity index (χ2v) is 5.52. The van der Waals surface area contributed by atoms with E-state index in [0.717, 1.165) is 12.8 Å². The lowest BCUT2D eigenvalue weighted by atomic mass is 9.82. The first-order valence-corrected chi connectivity index (χ1v) is 6.17. The zero-order valence-corrected chi connectivity index (χ0v) is 10.1. The number of hydrogen-bond donors (Lipinski definition) is 2. The average Bonchev–Trinajstić information content (AvgIpc) is 3.05. The smallest absolute Gasteiger partial charge is 0.307 e. The summed E-state index contributed by atoms with van der Waals surface area (Å²) in [6.07, 6.45) is 7.07. The molecule has 0 spiro atoms. The van der Waals surface area contributed by atoms with E-state index >= 15 is 0 Å². The maximum absolute atomic E-state index is 12.0. The molecule has 2 aliphatic carbocycles. The quantitative estimate of drug-likeness (QED) is 0.729. The number of carboxylic acid groups (broad SMARTS) is 1. The molecule has 2 aliphatic rings. The Hall–Kier alpha value is -1.32. The van der Waals surface area contributed by atoms with E-state index in [2.05, 4.69) is 12.2 Å².